The van der Waals surface area contributed by atoms with Crippen LogP contribution in [0.3, 0.4) is 0 Å². The third-order valence-electron chi connectivity index (χ3n) is 4.11. The molecular formula is C18H38O2. The zero-order valence-electron chi connectivity index (χ0n) is 13.9. The molecule has 0 saturated heterocycles. The summed E-state index contributed by atoms with van der Waals surface area (Å²) in [5.41, 5.74) is 0. The average Bonchev–Trinajstić information content (AvgIpc) is 2.45. The Balaban J connectivity index is 3.31. The minimum absolute atomic E-state index is 0.202. The Morgan fingerprint density at radius 1 is 0.500 bits per heavy atom. The lowest BCUT2D eigenvalue weighted by Gasteiger charge is -2.14. The summed E-state index contributed by atoms with van der Waals surface area (Å²) >= 11 is 0. The van der Waals surface area contributed by atoms with Gasteiger partial charge in [-0.3, -0.25) is 0 Å². The van der Waals surface area contributed by atoms with Gasteiger partial charge in [-0.15, -0.1) is 0 Å². The second kappa shape index (κ2) is 15.3. The van der Waals surface area contributed by atoms with Gasteiger partial charge in [0.05, 0.1) is 12.2 Å². The summed E-state index contributed by atoms with van der Waals surface area (Å²) in [6.07, 6.45) is 15.5. The molecule has 0 heterocycles. The molecule has 0 aromatic carbocycles. The summed E-state index contributed by atoms with van der Waals surface area (Å²) in [6.45, 7) is 4.44. The van der Waals surface area contributed by atoms with Crippen molar-refractivity contribution in [3.8, 4) is 0 Å². The molecule has 0 spiro atoms. The van der Waals surface area contributed by atoms with Crippen molar-refractivity contribution >= 4 is 0 Å². The van der Waals surface area contributed by atoms with E-state index in [0.717, 1.165) is 38.5 Å². The summed E-state index contributed by atoms with van der Waals surface area (Å²) in [7, 11) is 0. The number of hydrogen-bond acceptors (Lipinski definition) is 2. The molecule has 0 saturated carbocycles. The third-order valence-corrected chi connectivity index (χ3v) is 4.11. The van der Waals surface area contributed by atoms with Gasteiger partial charge in [0, 0.05) is 0 Å². The maximum absolute atomic E-state index is 9.90. The molecular weight excluding hydrogens is 248 g/mol. The van der Waals surface area contributed by atoms with Gasteiger partial charge in [-0.05, 0) is 25.7 Å². The Bertz CT molecular complexity index is 182. The molecule has 20 heavy (non-hydrogen) atoms. The molecule has 2 nitrogen and oxygen atoms in total. The first-order chi connectivity index (χ1) is 9.70. The van der Waals surface area contributed by atoms with E-state index in [2.05, 4.69) is 13.8 Å². The predicted octanol–water partition coefficient (Wildman–Crippen LogP) is 5.21. The predicted molar refractivity (Wildman–Crippen MR) is 88.0 cm³/mol. The van der Waals surface area contributed by atoms with Crippen molar-refractivity contribution < 1.29 is 10.2 Å². The van der Waals surface area contributed by atoms with Gasteiger partial charge < -0.3 is 10.2 Å². The summed E-state index contributed by atoms with van der Waals surface area (Å²) in [5.74, 6) is 0. The second-order valence-electron chi connectivity index (χ2n) is 6.29. The third kappa shape index (κ3) is 14.3. The first-order valence-corrected chi connectivity index (χ1v) is 9.06. The molecule has 0 rings (SSSR count). The van der Waals surface area contributed by atoms with Gasteiger partial charge in [-0.1, -0.05) is 78.1 Å². The standard InChI is InChI=1S/C18H38O2/c1-3-5-7-9-10-12-14-18(20)16-15-17(19)13-11-8-6-4-2/h17-20H,3-16H2,1-2H3/t17-,18?/m1/s1. The second-order valence-corrected chi connectivity index (χ2v) is 6.29. The van der Waals surface area contributed by atoms with E-state index in [4.69, 9.17) is 0 Å². The molecule has 0 aliphatic heterocycles. The molecule has 2 N–H and O–H groups in total. The van der Waals surface area contributed by atoms with Crippen LogP contribution >= 0.6 is 0 Å². The monoisotopic (exact) mass is 286 g/mol. The maximum Gasteiger partial charge on any atom is 0.0541 e. The van der Waals surface area contributed by atoms with E-state index >= 15 is 0 Å². The lowest BCUT2D eigenvalue weighted by Crippen LogP contribution is -2.13. The topological polar surface area (TPSA) is 40.5 Å². The summed E-state index contributed by atoms with van der Waals surface area (Å²) in [5, 5.41) is 19.8. The van der Waals surface area contributed by atoms with Crippen LogP contribution in [0.1, 0.15) is 104 Å². The smallest absolute Gasteiger partial charge is 0.0541 e. The first kappa shape index (κ1) is 19.9. The van der Waals surface area contributed by atoms with Gasteiger partial charge in [-0.25, -0.2) is 0 Å². The summed E-state index contributed by atoms with van der Waals surface area (Å²) in [6, 6.07) is 0. The van der Waals surface area contributed by atoms with Crippen molar-refractivity contribution in [1.29, 1.82) is 0 Å². The minimum Gasteiger partial charge on any atom is -0.393 e. The first-order valence-electron chi connectivity index (χ1n) is 9.06. The molecule has 0 bridgehead atoms. The van der Waals surface area contributed by atoms with Crippen molar-refractivity contribution in [1.82, 2.24) is 0 Å². The van der Waals surface area contributed by atoms with E-state index in [-0.39, 0.29) is 12.2 Å². The van der Waals surface area contributed by atoms with Crippen LogP contribution in [0.5, 0.6) is 0 Å². The van der Waals surface area contributed by atoms with Gasteiger partial charge >= 0.3 is 0 Å². The summed E-state index contributed by atoms with van der Waals surface area (Å²) < 4.78 is 0. The Kier molecular flexibility index (Phi) is 15.3. The molecule has 2 heteroatoms. The van der Waals surface area contributed by atoms with Crippen LogP contribution in [0.2, 0.25) is 0 Å². The molecule has 0 amide bonds. The highest BCUT2D eigenvalue weighted by atomic mass is 16.3. The number of unbranched alkanes of at least 4 members (excludes halogenated alkanes) is 8. The highest BCUT2D eigenvalue weighted by molar-refractivity contribution is 4.62. The van der Waals surface area contributed by atoms with Crippen LogP contribution in [0.15, 0.2) is 0 Å². The number of hydrogen-bond donors (Lipinski definition) is 2. The fourth-order valence-corrected chi connectivity index (χ4v) is 2.64. The highest BCUT2D eigenvalue weighted by Crippen LogP contribution is 2.14. The molecule has 0 aliphatic carbocycles. The number of aliphatic hydroxyl groups excluding tert-OH is 2. The van der Waals surface area contributed by atoms with E-state index < -0.39 is 0 Å². The minimum atomic E-state index is -0.203. The Morgan fingerprint density at radius 3 is 1.30 bits per heavy atom. The molecule has 2 atom stereocenters. The van der Waals surface area contributed by atoms with Crippen LogP contribution in [-0.2, 0) is 0 Å². The fraction of sp³-hybridized carbons (Fsp3) is 1.00. The van der Waals surface area contributed by atoms with E-state index in [9.17, 15) is 10.2 Å². The van der Waals surface area contributed by atoms with Crippen LogP contribution in [0.4, 0.5) is 0 Å². The van der Waals surface area contributed by atoms with E-state index in [0.29, 0.717) is 0 Å². The van der Waals surface area contributed by atoms with E-state index in [1.807, 2.05) is 0 Å². The van der Waals surface area contributed by atoms with Crippen molar-refractivity contribution in [3.63, 3.8) is 0 Å². The fourth-order valence-electron chi connectivity index (χ4n) is 2.64. The van der Waals surface area contributed by atoms with Crippen LogP contribution in [0, 0.1) is 0 Å². The lowest BCUT2D eigenvalue weighted by molar-refractivity contribution is 0.101. The zero-order chi connectivity index (χ0) is 15.1. The van der Waals surface area contributed by atoms with Gasteiger partial charge in [0.1, 0.15) is 0 Å². The van der Waals surface area contributed by atoms with Crippen LogP contribution in [0.25, 0.3) is 0 Å². The molecule has 0 radical (unpaired) electrons. The Morgan fingerprint density at radius 2 is 0.850 bits per heavy atom. The molecule has 0 fully saturated rings. The van der Waals surface area contributed by atoms with E-state index in [1.165, 1.54) is 51.4 Å². The lowest BCUT2D eigenvalue weighted by atomic mass is 10.0. The highest BCUT2D eigenvalue weighted by Gasteiger charge is 2.09. The van der Waals surface area contributed by atoms with Crippen molar-refractivity contribution in [2.24, 2.45) is 0 Å². The van der Waals surface area contributed by atoms with Gasteiger partial charge in [0.25, 0.3) is 0 Å². The van der Waals surface area contributed by atoms with Crippen molar-refractivity contribution in [3.05, 3.63) is 0 Å². The van der Waals surface area contributed by atoms with Crippen LogP contribution in [-0.4, -0.2) is 22.4 Å². The van der Waals surface area contributed by atoms with Gasteiger partial charge in [0.2, 0.25) is 0 Å². The van der Waals surface area contributed by atoms with Crippen LogP contribution < -0.4 is 0 Å². The van der Waals surface area contributed by atoms with Crippen molar-refractivity contribution in [2.75, 3.05) is 0 Å². The van der Waals surface area contributed by atoms with E-state index in [1.54, 1.807) is 0 Å². The number of aliphatic hydroxyl groups is 2. The van der Waals surface area contributed by atoms with Gasteiger partial charge in [0.15, 0.2) is 0 Å². The zero-order valence-corrected chi connectivity index (χ0v) is 13.9. The Labute approximate surface area is 127 Å². The normalized spacial score (nSPS) is 14.4. The molecule has 0 aromatic rings. The quantitative estimate of drug-likeness (QED) is 0.406. The maximum atomic E-state index is 9.90. The molecule has 122 valence electrons. The Hall–Kier alpha value is -0.0800. The van der Waals surface area contributed by atoms with Crippen molar-refractivity contribution in [2.45, 2.75) is 116 Å². The largest absolute Gasteiger partial charge is 0.393 e. The van der Waals surface area contributed by atoms with Gasteiger partial charge in [-0.2, -0.15) is 0 Å². The number of rotatable bonds is 15. The SMILES string of the molecule is CCCCCCCCC(O)CC[C@H](O)CCCCCC. The molecule has 1 unspecified atom stereocenters. The average molecular weight is 286 g/mol. The summed E-state index contributed by atoms with van der Waals surface area (Å²) in [4.78, 5) is 0. The molecule has 0 aliphatic rings. The molecule has 0 aromatic heterocycles.